The van der Waals surface area contributed by atoms with Crippen LogP contribution in [0.15, 0.2) is 46.9 Å². The Morgan fingerprint density at radius 1 is 1.07 bits per heavy atom. The summed E-state index contributed by atoms with van der Waals surface area (Å²) < 4.78 is 14.2. The van der Waals surface area contributed by atoms with E-state index in [2.05, 4.69) is 22.0 Å². The maximum absolute atomic E-state index is 13.5. The van der Waals surface area contributed by atoms with Crippen LogP contribution in [0.1, 0.15) is 0 Å². The third-order valence-corrected chi connectivity index (χ3v) is 2.45. The zero-order valence-corrected chi connectivity index (χ0v) is 8.88. The molecule has 0 aliphatic carbocycles. The summed E-state index contributed by atoms with van der Waals surface area (Å²) in [5, 5.41) is 0. The van der Waals surface area contributed by atoms with Gasteiger partial charge in [0, 0.05) is 10.0 Å². The number of benzene rings is 2. The van der Waals surface area contributed by atoms with Crippen LogP contribution in [-0.4, -0.2) is 0 Å². The highest BCUT2D eigenvalue weighted by Gasteiger charge is 2.03. The van der Waals surface area contributed by atoms with Gasteiger partial charge in [-0.25, -0.2) is 4.39 Å². The zero-order valence-electron chi connectivity index (χ0n) is 7.30. The molecule has 0 saturated heterocycles. The van der Waals surface area contributed by atoms with Gasteiger partial charge in [-0.2, -0.15) is 0 Å². The Bertz CT molecular complexity index is 437. The third-order valence-electron chi connectivity index (χ3n) is 1.96. The number of rotatable bonds is 1. The second-order valence-electron chi connectivity index (χ2n) is 2.91. The second kappa shape index (κ2) is 3.93. The predicted octanol–water partition coefficient (Wildman–Crippen LogP) is 4.06. The van der Waals surface area contributed by atoms with Crippen LogP contribution >= 0.6 is 15.9 Å². The molecule has 14 heavy (non-hydrogen) atoms. The van der Waals surface area contributed by atoms with Gasteiger partial charge in [0.05, 0.1) is 0 Å². The lowest BCUT2D eigenvalue weighted by atomic mass is 10.1. The van der Waals surface area contributed by atoms with Gasteiger partial charge in [0.25, 0.3) is 0 Å². The van der Waals surface area contributed by atoms with E-state index in [0.29, 0.717) is 5.56 Å². The molecule has 2 aromatic rings. The van der Waals surface area contributed by atoms with Crippen molar-refractivity contribution >= 4 is 15.9 Å². The van der Waals surface area contributed by atoms with E-state index in [9.17, 15) is 4.39 Å². The SMILES string of the molecule is Fc1cc(Br)ccc1-c1cc[c]cc1. The molecule has 2 heteroatoms. The highest BCUT2D eigenvalue weighted by atomic mass is 79.9. The highest BCUT2D eigenvalue weighted by Crippen LogP contribution is 2.24. The predicted molar refractivity (Wildman–Crippen MR) is 58.4 cm³/mol. The number of hydrogen-bond donors (Lipinski definition) is 0. The fourth-order valence-electron chi connectivity index (χ4n) is 1.29. The molecule has 0 heterocycles. The first-order valence-electron chi connectivity index (χ1n) is 4.19. The smallest absolute Gasteiger partial charge is 0.132 e. The van der Waals surface area contributed by atoms with Crippen LogP contribution in [-0.2, 0) is 0 Å². The molecule has 0 aliphatic heterocycles. The topological polar surface area (TPSA) is 0 Å². The average molecular weight is 250 g/mol. The van der Waals surface area contributed by atoms with E-state index in [1.807, 2.05) is 18.2 Å². The molecule has 0 saturated carbocycles. The van der Waals surface area contributed by atoms with Gasteiger partial charge < -0.3 is 0 Å². The molecule has 0 unspecified atom stereocenters. The minimum Gasteiger partial charge on any atom is -0.206 e. The number of hydrogen-bond acceptors (Lipinski definition) is 0. The lowest BCUT2D eigenvalue weighted by molar-refractivity contribution is 0.630. The summed E-state index contributed by atoms with van der Waals surface area (Å²) in [7, 11) is 0. The number of halogens is 2. The summed E-state index contributed by atoms with van der Waals surface area (Å²) in [6.45, 7) is 0. The quantitative estimate of drug-likeness (QED) is 0.716. The first kappa shape index (κ1) is 9.41. The van der Waals surface area contributed by atoms with Crippen molar-refractivity contribution in [2.24, 2.45) is 0 Å². The van der Waals surface area contributed by atoms with E-state index in [1.54, 1.807) is 18.2 Å². The van der Waals surface area contributed by atoms with Crippen molar-refractivity contribution in [3.8, 4) is 11.1 Å². The Hall–Kier alpha value is -1.15. The molecule has 0 aromatic heterocycles. The minimum atomic E-state index is -0.217. The lowest BCUT2D eigenvalue weighted by Gasteiger charge is -2.02. The Kier molecular flexibility index (Phi) is 2.64. The molecule has 2 rings (SSSR count). The van der Waals surface area contributed by atoms with Crippen LogP contribution in [0.5, 0.6) is 0 Å². The van der Waals surface area contributed by atoms with E-state index in [-0.39, 0.29) is 5.82 Å². The minimum absolute atomic E-state index is 0.217. The maximum atomic E-state index is 13.5. The molecule has 0 bridgehead atoms. The van der Waals surface area contributed by atoms with Crippen molar-refractivity contribution in [3.05, 3.63) is 58.8 Å². The van der Waals surface area contributed by atoms with Gasteiger partial charge in [0.15, 0.2) is 0 Å². The monoisotopic (exact) mass is 249 g/mol. The Balaban J connectivity index is 2.53. The molecule has 0 nitrogen and oxygen atoms in total. The van der Waals surface area contributed by atoms with Crippen LogP contribution in [0.25, 0.3) is 11.1 Å². The van der Waals surface area contributed by atoms with Crippen LogP contribution < -0.4 is 0 Å². The standard InChI is InChI=1S/C12H7BrF/c13-10-6-7-11(12(14)8-10)9-4-2-1-3-5-9/h2-8H. The van der Waals surface area contributed by atoms with Gasteiger partial charge in [0.2, 0.25) is 0 Å². The van der Waals surface area contributed by atoms with Gasteiger partial charge in [-0.05, 0) is 23.8 Å². The Labute approximate surface area is 90.5 Å². The first-order valence-corrected chi connectivity index (χ1v) is 4.98. The van der Waals surface area contributed by atoms with Gasteiger partial charge in [-0.15, -0.1) is 0 Å². The lowest BCUT2D eigenvalue weighted by Crippen LogP contribution is -1.83. The summed E-state index contributed by atoms with van der Waals surface area (Å²) >= 11 is 3.22. The van der Waals surface area contributed by atoms with Crippen LogP contribution in [0.2, 0.25) is 0 Å². The van der Waals surface area contributed by atoms with E-state index in [1.165, 1.54) is 6.07 Å². The highest BCUT2D eigenvalue weighted by molar-refractivity contribution is 9.10. The fourth-order valence-corrected chi connectivity index (χ4v) is 1.62. The van der Waals surface area contributed by atoms with Crippen molar-refractivity contribution in [1.29, 1.82) is 0 Å². The van der Waals surface area contributed by atoms with Gasteiger partial charge in [0.1, 0.15) is 5.82 Å². The van der Waals surface area contributed by atoms with Crippen LogP contribution in [0.3, 0.4) is 0 Å². The fraction of sp³-hybridized carbons (Fsp3) is 0. The molecule has 2 aromatic carbocycles. The normalized spacial score (nSPS) is 10.1. The summed E-state index contributed by atoms with van der Waals surface area (Å²) in [5.41, 5.74) is 1.48. The maximum Gasteiger partial charge on any atom is 0.132 e. The van der Waals surface area contributed by atoms with Crippen molar-refractivity contribution in [1.82, 2.24) is 0 Å². The molecule has 0 fully saturated rings. The molecule has 0 atom stereocenters. The van der Waals surface area contributed by atoms with Crippen LogP contribution in [0.4, 0.5) is 4.39 Å². The molecular weight excluding hydrogens is 243 g/mol. The van der Waals surface area contributed by atoms with Crippen LogP contribution in [0, 0.1) is 11.9 Å². The van der Waals surface area contributed by atoms with Crippen molar-refractivity contribution in [2.45, 2.75) is 0 Å². The molecule has 1 radical (unpaired) electrons. The third kappa shape index (κ3) is 1.85. The molecule has 69 valence electrons. The summed E-state index contributed by atoms with van der Waals surface area (Å²) in [6, 6.07) is 15.2. The Morgan fingerprint density at radius 2 is 1.79 bits per heavy atom. The average Bonchev–Trinajstić information content (AvgIpc) is 2.19. The Morgan fingerprint density at radius 3 is 2.43 bits per heavy atom. The summed E-state index contributed by atoms with van der Waals surface area (Å²) in [5.74, 6) is -0.217. The molecule has 0 amide bonds. The second-order valence-corrected chi connectivity index (χ2v) is 3.83. The largest absolute Gasteiger partial charge is 0.206 e. The van der Waals surface area contributed by atoms with E-state index >= 15 is 0 Å². The zero-order chi connectivity index (χ0) is 9.97. The van der Waals surface area contributed by atoms with E-state index in [0.717, 1.165) is 10.0 Å². The van der Waals surface area contributed by atoms with E-state index in [4.69, 9.17) is 0 Å². The van der Waals surface area contributed by atoms with Crippen molar-refractivity contribution in [3.63, 3.8) is 0 Å². The molecule has 0 N–H and O–H groups in total. The molecular formula is C12H7BrF. The van der Waals surface area contributed by atoms with Gasteiger partial charge in [-0.3, -0.25) is 0 Å². The summed E-state index contributed by atoms with van der Waals surface area (Å²) in [4.78, 5) is 0. The summed E-state index contributed by atoms with van der Waals surface area (Å²) in [6.07, 6.45) is 0. The molecule has 0 aliphatic rings. The van der Waals surface area contributed by atoms with E-state index < -0.39 is 0 Å². The first-order chi connectivity index (χ1) is 6.77. The molecule has 0 spiro atoms. The van der Waals surface area contributed by atoms with Gasteiger partial charge >= 0.3 is 0 Å². The van der Waals surface area contributed by atoms with Crippen molar-refractivity contribution in [2.75, 3.05) is 0 Å². The van der Waals surface area contributed by atoms with Crippen molar-refractivity contribution < 1.29 is 4.39 Å². The van der Waals surface area contributed by atoms with Gasteiger partial charge in [-0.1, -0.05) is 46.3 Å².